The predicted octanol–water partition coefficient (Wildman–Crippen LogP) is 1.72. The molecule has 1 amide bonds. The standard InChI is InChI=1S/C22H23FN8O/c1-28-14-19(32)31(18-6-3-2-5-17(18)23)13-16-20(28)26-15-27-21(16)29-9-11-30(12-10-29)22-24-7-4-8-25-22/h2-8,15H,9-14H2,1H3. The van der Waals surface area contributed by atoms with Crippen LogP contribution in [0.3, 0.4) is 0 Å². The number of fused-ring (bicyclic) bond motifs is 1. The van der Waals surface area contributed by atoms with E-state index in [0.29, 0.717) is 11.8 Å². The second-order valence-electron chi connectivity index (χ2n) is 7.81. The van der Waals surface area contributed by atoms with Crippen molar-refractivity contribution >= 4 is 29.2 Å². The zero-order chi connectivity index (χ0) is 22.1. The Balaban J connectivity index is 1.45. The molecule has 0 bridgehead atoms. The second-order valence-corrected chi connectivity index (χ2v) is 7.81. The van der Waals surface area contributed by atoms with Crippen molar-refractivity contribution in [1.29, 1.82) is 0 Å². The molecule has 2 aromatic heterocycles. The Morgan fingerprint density at radius 1 is 0.844 bits per heavy atom. The van der Waals surface area contributed by atoms with Crippen LogP contribution in [0.4, 0.5) is 27.7 Å². The molecule has 32 heavy (non-hydrogen) atoms. The molecular formula is C22H23FN8O. The highest BCUT2D eigenvalue weighted by atomic mass is 19.1. The van der Waals surface area contributed by atoms with Crippen LogP contribution in [0.2, 0.25) is 0 Å². The maximum absolute atomic E-state index is 14.5. The third-order valence-corrected chi connectivity index (χ3v) is 5.81. The number of anilines is 4. The molecule has 10 heteroatoms. The summed E-state index contributed by atoms with van der Waals surface area (Å²) < 4.78 is 14.5. The summed E-state index contributed by atoms with van der Waals surface area (Å²) in [6, 6.07) is 8.14. The number of piperazine rings is 1. The lowest BCUT2D eigenvalue weighted by Crippen LogP contribution is -2.48. The number of benzene rings is 1. The highest BCUT2D eigenvalue weighted by molar-refractivity contribution is 5.98. The first-order valence-corrected chi connectivity index (χ1v) is 10.5. The van der Waals surface area contributed by atoms with Crippen LogP contribution in [0.15, 0.2) is 49.1 Å². The molecule has 0 spiro atoms. The Kier molecular flexibility index (Phi) is 5.26. The van der Waals surface area contributed by atoms with Gasteiger partial charge in [-0.05, 0) is 18.2 Å². The lowest BCUT2D eigenvalue weighted by Gasteiger charge is -2.36. The van der Waals surface area contributed by atoms with Crippen molar-refractivity contribution in [2.45, 2.75) is 6.54 Å². The number of likely N-dealkylation sites (N-methyl/N-ethyl adjacent to an activating group) is 1. The van der Waals surface area contributed by atoms with E-state index in [4.69, 9.17) is 0 Å². The molecule has 0 N–H and O–H groups in total. The summed E-state index contributed by atoms with van der Waals surface area (Å²) in [5.41, 5.74) is 1.08. The molecule has 0 radical (unpaired) electrons. The Morgan fingerprint density at radius 3 is 2.28 bits per heavy atom. The van der Waals surface area contributed by atoms with Gasteiger partial charge in [0.2, 0.25) is 11.9 Å². The largest absolute Gasteiger partial charge is 0.353 e. The van der Waals surface area contributed by atoms with Crippen molar-refractivity contribution in [3.8, 4) is 0 Å². The number of carbonyl (C=O) groups is 1. The van der Waals surface area contributed by atoms with Gasteiger partial charge in [-0.1, -0.05) is 12.1 Å². The predicted molar refractivity (Wildman–Crippen MR) is 119 cm³/mol. The maximum Gasteiger partial charge on any atom is 0.246 e. The number of nitrogens with zero attached hydrogens (tertiary/aromatic N) is 8. The third kappa shape index (κ3) is 3.68. The van der Waals surface area contributed by atoms with E-state index in [1.807, 2.05) is 7.05 Å². The van der Waals surface area contributed by atoms with Crippen molar-refractivity contribution in [3.05, 3.63) is 60.4 Å². The zero-order valence-corrected chi connectivity index (χ0v) is 17.7. The van der Waals surface area contributed by atoms with Crippen LogP contribution in [0.25, 0.3) is 0 Å². The minimum atomic E-state index is -0.429. The summed E-state index contributed by atoms with van der Waals surface area (Å²) in [7, 11) is 1.82. The van der Waals surface area contributed by atoms with E-state index < -0.39 is 5.82 Å². The number of hydrogen-bond acceptors (Lipinski definition) is 8. The highest BCUT2D eigenvalue weighted by Crippen LogP contribution is 2.33. The number of carbonyl (C=O) groups excluding carboxylic acids is 1. The smallest absolute Gasteiger partial charge is 0.246 e. The van der Waals surface area contributed by atoms with E-state index in [1.54, 1.807) is 41.6 Å². The molecule has 2 aliphatic heterocycles. The fourth-order valence-electron chi connectivity index (χ4n) is 4.21. The van der Waals surface area contributed by atoms with Gasteiger partial charge in [-0.2, -0.15) is 0 Å². The molecule has 164 valence electrons. The normalized spacial score (nSPS) is 16.8. The average molecular weight is 434 g/mol. The van der Waals surface area contributed by atoms with Crippen molar-refractivity contribution in [2.24, 2.45) is 0 Å². The Morgan fingerprint density at radius 2 is 1.53 bits per heavy atom. The number of rotatable bonds is 3. The van der Waals surface area contributed by atoms with Crippen molar-refractivity contribution in [2.75, 3.05) is 59.4 Å². The Hall–Kier alpha value is -3.82. The lowest BCUT2D eigenvalue weighted by molar-refractivity contribution is -0.117. The third-order valence-electron chi connectivity index (χ3n) is 5.81. The summed E-state index contributed by atoms with van der Waals surface area (Å²) >= 11 is 0. The summed E-state index contributed by atoms with van der Waals surface area (Å²) in [4.78, 5) is 38.3. The summed E-state index contributed by atoms with van der Waals surface area (Å²) in [6.45, 7) is 3.25. The molecule has 1 aromatic carbocycles. The van der Waals surface area contributed by atoms with Gasteiger partial charge < -0.3 is 19.6 Å². The van der Waals surface area contributed by atoms with E-state index in [-0.39, 0.29) is 24.7 Å². The van der Waals surface area contributed by atoms with Crippen LogP contribution in [-0.4, -0.2) is 65.6 Å². The molecule has 2 aliphatic rings. The first kappa shape index (κ1) is 20.1. The van der Waals surface area contributed by atoms with Crippen LogP contribution in [0, 0.1) is 5.82 Å². The Labute approximate surface area is 185 Å². The highest BCUT2D eigenvalue weighted by Gasteiger charge is 2.31. The molecule has 3 aromatic rings. The topological polar surface area (TPSA) is 81.6 Å². The first-order valence-electron chi connectivity index (χ1n) is 10.5. The maximum atomic E-state index is 14.5. The van der Waals surface area contributed by atoms with Gasteiger partial charge in [0.1, 0.15) is 23.8 Å². The van der Waals surface area contributed by atoms with Crippen molar-refractivity contribution < 1.29 is 9.18 Å². The Bertz CT molecular complexity index is 1120. The molecule has 0 saturated carbocycles. The molecule has 1 saturated heterocycles. The zero-order valence-electron chi connectivity index (χ0n) is 17.7. The number of halogens is 1. The fourth-order valence-corrected chi connectivity index (χ4v) is 4.21. The number of hydrogen-bond donors (Lipinski definition) is 0. The minimum Gasteiger partial charge on any atom is -0.353 e. The molecule has 1 fully saturated rings. The monoisotopic (exact) mass is 434 g/mol. The van der Waals surface area contributed by atoms with Gasteiger partial charge in [0.05, 0.1) is 24.3 Å². The quantitative estimate of drug-likeness (QED) is 0.616. The van der Waals surface area contributed by atoms with Crippen LogP contribution < -0.4 is 19.6 Å². The molecule has 0 aliphatic carbocycles. The van der Waals surface area contributed by atoms with Crippen LogP contribution in [0.5, 0.6) is 0 Å². The van der Waals surface area contributed by atoms with E-state index >= 15 is 0 Å². The van der Waals surface area contributed by atoms with Crippen molar-refractivity contribution in [3.63, 3.8) is 0 Å². The summed E-state index contributed by atoms with van der Waals surface area (Å²) in [6.07, 6.45) is 5.01. The van der Waals surface area contributed by atoms with Gasteiger partial charge in [0.25, 0.3) is 0 Å². The van der Waals surface area contributed by atoms with Crippen molar-refractivity contribution in [1.82, 2.24) is 19.9 Å². The van der Waals surface area contributed by atoms with Gasteiger partial charge >= 0.3 is 0 Å². The van der Waals surface area contributed by atoms with E-state index in [1.165, 1.54) is 17.3 Å². The molecule has 4 heterocycles. The van der Waals surface area contributed by atoms with E-state index in [2.05, 4.69) is 29.7 Å². The van der Waals surface area contributed by atoms with Crippen LogP contribution in [-0.2, 0) is 11.3 Å². The second kappa shape index (κ2) is 8.37. The average Bonchev–Trinajstić information content (AvgIpc) is 2.96. The summed E-state index contributed by atoms with van der Waals surface area (Å²) in [5, 5.41) is 0. The number of para-hydroxylation sites is 1. The SMILES string of the molecule is CN1CC(=O)N(c2ccccc2F)Cc2c1ncnc2N1CCN(c2ncccn2)CC1. The first-order chi connectivity index (χ1) is 15.6. The van der Waals surface area contributed by atoms with Crippen LogP contribution >= 0.6 is 0 Å². The molecular weight excluding hydrogens is 411 g/mol. The van der Waals surface area contributed by atoms with Gasteiger partial charge in [0.15, 0.2) is 0 Å². The van der Waals surface area contributed by atoms with Gasteiger partial charge in [-0.3, -0.25) is 4.79 Å². The van der Waals surface area contributed by atoms with Gasteiger partial charge in [0, 0.05) is 45.6 Å². The van der Waals surface area contributed by atoms with Gasteiger partial charge in [-0.15, -0.1) is 0 Å². The fraction of sp³-hybridized carbons (Fsp3) is 0.318. The minimum absolute atomic E-state index is 0.108. The van der Waals surface area contributed by atoms with E-state index in [9.17, 15) is 9.18 Å². The summed E-state index contributed by atoms with van der Waals surface area (Å²) in [5.74, 6) is 1.56. The van der Waals surface area contributed by atoms with Crippen LogP contribution in [0.1, 0.15) is 5.56 Å². The lowest BCUT2D eigenvalue weighted by atomic mass is 10.2. The molecule has 5 rings (SSSR count). The van der Waals surface area contributed by atoms with E-state index in [0.717, 1.165) is 37.6 Å². The molecule has 9 nitrogen and oxygen atoms in total. The number of amides is 1. The molecule has 0 unspecified atom stereocenters. The number of aromatic nitrogens is 4. The molecule has 0 atom stereocenters. The van der Waals surface area contributed by atoms with Gasteiger partial charge in [-0.25, -0.2) is 24.3 Å².